The summed E-state index contributed by atoms with van der Waals surface area (Å²) < 4.78 is 23.8. The van der Waals surface area contributed by atoms with Gasteiger partial charge < -0.3 is 0 Å². The number of rotatable bonds is 4. The molecule has 0 aromatic heterocycles. The van der Waals surface area contributed by atoms with E-state index in [1.165, 1.54) is 6.26 Å². The fraction of sp³-hybridized carbons (Fsp3) is 1.00. The lowest BCUT2D eigenvalue weighted by atomic mass is 9.99. The highest BCUT2D eigenvalue weighted by atomic mass is 32.2. The van der Waals surface area contributed by atoms with Crippen LogP contribution in [0.1, 0.15) is 20.8 Å². The van der Waals surface area contributed by atoms with Crippen molar-refractivity contribution in [1.29, 1.82) is 0 Å². The summed E-state index contributed by atoms with van der Waals surface area (Å²) in [4.78, 5) is 0. The summed E-state index contributed by atoms with van der Waals surface area (Å²) in [5.41, 5.74) is 0. The average molecular weight is 179 g/mol. The Bertz CT molecular complexity index is 196. The molecular weight excluding hydrogens is 162 g/mol. The molecule has 0 bridgehead atoms. The second-order valence-corrected chi connectivity index (χ2v) is 5.17. The van der Waals surface area contributed by atoms with E-state index < -0.39 is 10.0 Å². The van der Waals surface area contributed by atoms with Crippen LogP contribution in [0.2, 0.25) is 0 Å². The molecule has 0 amide bonds. The SMILES string of the molecule is CC(C)C(C)CNS(C)(=O)=O. The molecule has 1 atom stereocenters. The lowest BCUT2D eigenvalue weighted by Crippen LogP contribution is -2.29. The van der Waals surface area contributed by atoms with Crippen LogP contribution in [0.5, 0.6) is 0 Å². The molecule has 11 heavy (non-hydrogen) atoms. The van der Waals surface area contributed by atoms with Gasteiger partial charge in [-0.25, -0.2) is 13.1 Å². The molecule has 68 valence electrons. The van der Waals surface area contributed by atoms with E-state index in [1.54, 1.807) is 0 Å². The van der Waals surface area contributed by atoms with Crippen LogP contribution in [0.25, 0.3) is 0 Å². The molecule has 0 aliphatic heterocycles. The van der Waals surface area contributed by atoms with Gasteiger partial charge in [-0.2, -0.15) is 0 Å². The Morgan fingerprint density at radius 3 is 2.00 bits per heavy atom. The number of sulfonamides is 1. The zero-order valence-corrected chi connectivity index (χ0v) is 8.40. The Kier molecular flexibility index (Phi) is 4.03. The molecular formula is C7H17NO2S. The summed E-state index contributed by atoms with van der Waals surface area (Å²) in [6, 6.07) is 0. The van der Waals surface area contributed by atoms with Gasteiger partial charge in [-0.3, -0.25) is 0 Å². The monoisotopic (exact) mass is 179 g/mol. The second-order valence-electron chi connectivity index (χ2n) is 3.34. The van der Waals surface area contributed by atoms with Crippen molar-refractivity contribution in [3.8, 4) is 0 Å². The van der Waals surface area contributed by atoms with E-state index in [0.717, 1.165) is 0 Å². The maximum Gasteiger partial charge on any atom is 0.208 e. The Hall–Kier alpha value is -0.0900. The molecule has 0 heterocycles. The number of hydrogen-bond donors (Lipinski definition) is 1. The molecule has 0 aliphatic carbocycles. The third-order valence-electron chi connectivity index (χ3n) is 1.81. The van der Waals surface area contributed by atoms with Crippen molar-refractivity contribution in [3.05, 3.63) is 0 Å². The van der Waals surface area contributed by atoms with Gasteiger partial charge in [-0.15, -0.1) is 0 Å². The molecule has 0 aromatic carbocycles. The van der Waals surface area contributed by atoms with Gasteiger partial charge in [0.25, 0.3) is 0 Å². The molecule has 4 heteroatoms. The normalized spacial score (nSPS) is 15.4. The molecule has 3 nitrogen and oxygen atoms in total. The molecule has 0 rings (SSSR count). The van der Waals surface area contributed by atoms with Crippen LogP contribution < -0.4 is 4.72 Å². The minimum absolute atomic E-state index is 0.393. The van der Waals surface area contributed by atoms with Gasteiger partial charge in [0, 0.05) is 6.54 Å². The lowest BCUT2D eigenvalue weighted by Gasteiger charge is -2.14. The van der Waals surface area contributed by atoms with Crippen molar-refractivity contribution in [2.45, 2.75) is 20.8 Å². The molecule has 0 aromatic rings. The van der Waals surface area contributed by atoms with Crippen molar-refractivity contribution < 1.29 is 8.42 Å². The molecule has 0 saturated carbocycles. The molecule has 0 saturated heterocycles. The molecule has 1 N–H and O–H groups in total. The molecule has 0 radical (unpaired) electrons. The Balaban J connectivity index is 3.72. The summed E-state index contributed by atoms with van der Waals surface area (Å²) in [6.45, 7) is 6.72. The van der Waals surface area contributed by atoms with Gasteiger partial charge in [-0.05, 0) is 11.8 Å². The van der Waals surface area contributed by atoms with Gasteiger partial charge >= 0.3 is 0 Å². The Morgan fingerprint density at radius 1 is 1.27 bits per heavy atom. The van der Waals surface area contributed by atoms with Crippen molar-refractivity contribution >= 4 is 10.0 Å². The highest BCUT2D eigenvalue weighted by molar-refractivity contribution is 7.88. The van der Waals surface area contributed by atoms with E-state index in [0.29, 0.717) is 18.4 Å². The number of nitrogens with one attached hydrogen (secondary N) is 1. The fourth-order valence-electron chi connectivity index (χ4n) is 0.519. The molecule has 0 spiro atoms. The van der Waals surface area contributed by atoms with E-state index in [9.17, 15) is 8.42 Å². The topological polar surface area (TPSA) is 46.2 Å². The summed E-state index contributed by atoms with van der Waals surface area (Å²) in [5, 5.41) is 0. The number of hydrogen-bond acceptors (Lipinski definition) is 2. The van der Waals surface area contributed by atoms with E-state index in [4.69, 9.17) is 0 Å². The quantitative estimate of drug-likeness (QED) is 0.694. The first-order valence-corrected chi connectivity index (χ1v) is 5.66. The van der Waals surface area contributed by atoms with Crippen LogP contribution in [0, 0.1) is 11.8 Å². The van der Waals surface area contributed by atoms with Gasteiger partial charge in [-0.1, -0.05) is 20.8 Å². The maximum atomic E-state index is 10.6. The highest BCUT2D eigenvalue weighted by Crippen LogP contribution is 2.07. The first-order valence-electron chi connectivity index (χ1n) is 3.77. The first kappa shape index (κ1) is 10.9. The predicted molar refractivity (Wildman–Crippen MR) is 46.8 cm³/mol. The minimum Gasteiger partial charge on any atom is -0.215 e. The van der Waals surface area contributed by atoms with Crippen LogP contribution in [-0.2, 0) is 10.0 Å². The molecule has 0 fully saturated rings. The van der Waals surface area contributed by atoms with Crippen LogP contribution in [0.3, 0.4) is 0 Å². The van der Waals surface area contributed by atoms with Crippen LogP contribution in [0.15, 0.2) is 0 Å². The van der Waals surface area contributed by atoms with E-state index in [1.807, 2.05) is 6.92 Å². The van der Waals surface area contributed by atoms with Crippen LogP contribution in [-0.4, -0.2) is 21.2 Å². The second kappa shape index (κ2) is 4.07. The highest BCUT2D eigenvalue weighted by Gasteiger charge is 2.08. The van der Waals surface area contributed by atoms with E-state index in [2.05, 4.69) is 18.6 Å². The maximum absolute atomic E-state index is 10.6. The predicted octanol–water partition coefficient (Wildman–Crippen LogP) is 0.828. The minimum atomic E-state index is -3.00. The largest absolute Gasteiger partial charge is 0.215 e. The zero-order valence-electron chi connectivity index (χ0n) is 7.59. The van der Waals surface area contributed by atoms with Crippen LogP contribution >= 0.6 is 0 Å². The van der Waals surface area contributed by atoms with E-state index >= 15 is 0 Å². The van der Waals surface area contributed by atoms with Gasteiger partial charge in [0.2, 0.25) is 10.0 Å². The molecule has 0 aliphatic rings. The zero-order chi connectivity index (χ0) is 9.07. The van der Waals surface area contributed by atoms with Crippen molar-refractivity contribution in [3.63, 3.8) is 0 Å². The standard InChI is InChI=1S/C7H17NO2S/c1-6(2)7(3)5-8-11(4,9)10/h6-8H,5H2,1-4H3. The third-order valence-corrected chi connectivity index (χ3v) is 2.50. The van der Waals surface area contributed by atoms with Crippen molar-refractivity contribution in [2.24, 2.45) is 11.8 Å². The Morgan fingerprint density at radius 2 is 1.73 bits per heavy atom. The average Bonchev–Trinajstić information content (AvgIpc) is 1.80. The van der Waals surface area contributed by atoms with Gasteiger partial charge in [0.15, 0.2) is 0 Å². The summed E-state index contributed by atoms with van der Waals surface area (Å²) in [7, 11) is -3.00. The summed E-state index contributed by atoms with van der Waals surface area (Å²) in [6.07, 6.45) is 1.18. The smallest absolute Gasteiger partial charge is 0.208 e. The summed E-state index contributed by atoms with van der Waals surface area (Å²) >= 11 is 0. The van der Waals surface area contributed by atoms with Crippen molar-refractivity contribution in [2.75, 3.05) is 12.8 Å². The van der Waals surface area contributed by atoms with Crippen LogP contribution in [0.4, 0.5) is 0 Å². The molecule has 1 unspecified atom stereocenters. The first-order chi connectivity index (χ1) is 4.83. The third kappa shape index (κ3) is 6.31. The Labute approximate surface area is 69.2 Å². The fourth-order valence-corrected chi connectivity index (χ4v) is 1.08. The van der Waals surface area contributed by atoms with Gasteiger partial charge in [0.1, 0.15) is 0 Å². The van der Waals surface area contributed by atoms with E-state index in [-0.39, 0.29) is 0 Å². The summed E-state index contributed by atoms with van der Waals surface area (Å²) in [5.74, 6) is 0.911. The lowest BCUT2D eigenvalue weighted by molar-refractivity contribution is 0.415. The van der Waals surface area contributed by atoms with Crippen molar-refractivity contribution in [1.82, 2.24) is 4.72 Å². The van der Waals surface area contributed by atoms with Gasteiger partial charge in [0.05, 0.1) is 6.26 Å².